The standard InChI is InChI=1S/C17H10FN3O/c18-14-7-5-13(6-8-14)17(22)15-3-1-2-4-16(15)21-11-12(9-19)10-20/h1-8,11,21H. The van der Waals surface area contributed by atoms with Gasteiger partial charge in [0.2, 0.25) is 0 Å². The molecular weight excluding hydrogens is 281 g/mol. The summed E-state index contributed by atoms with van der Waals surface area (Å²) >= 11 is 0. The minimum absolute atomic E-state index is 0.107. The van der Waals surface area contributed by atoms with E-state index < -0.39 is 5.82 Å². The molecule has 0 aliphatic carbocycles. The largest absolute Gasteiger partial charge is 0.359 e. The molecule has 0 saturated heterocycles. The number of nitriles is 2. The van der Waals surface area contributed by atoms with Crippen molar-refractivity contribution in [3.8, 4) is 12.1 Å². The number of anilines is 1. The van der Waals surface area contributed by atoms with E-state index >= 15 is 0 Å². The zero-order valence-electron chi connectivity index (χ0n) is 11.4. The lowest BCUT2D eigenvalue weighted by Crippen LogP contribution is -2.05. The van der Waals surface area contributed by atoms with Crippen LogP contribution in [0.15, 0.2) is 60.3 Å². The number of nitrogens with one attached hydrogen (secondary N) is 1. The van der Waals surface area contributed by atoms with Crippen molar-refractivity contribution in [1.29, 1.82) is 10.5 Å². The van der Waals surface area contributed by atoms with E-state index in [1.165, 1.54) is 30.5 Å². The Morgan fingerprint density at radius 1 is 1.05 bits per heavy atom. The predicted octanol–water partition coefficient (Wildman–Crippen LogP) is 3.40. The lowest BCUT2D eigenvalue weighted by atomic mass is 10.0. The van der Waals surface area contributed by atoms with Crippen LogP contribution in [0.1, 0.15) is 15.9 Å². The molecular formula is C17H10FN3O. The average molecular weight is 291 g/mol. The van der Waals surface area contributed by atoms with Gasteiger partial charge in [0.15, 0.2) is 5.78 Å². The van der Waals surface area contributed by atoms with Crippen LogP contribution in [-0.4, -0.2) is 5.78 Å². The fourth-order valence-electron chi connectivity index (χ4n) is 1.80. The zero-order valence-corrected chi connectivity index (χ0v) is 11.4. The second-order valence-electron chi connectivity index (χ2n) is 4.31. The van der Waals surface area contributed by atoms with E-state index in [9.17, 15) is 9.18 Å². The van der Waals surface area contributed by atoms with Crippen LogP contribution in [0.5, 0.6) is 0 Å². The third kappa shape index (κ3) is 3.36. The molecule has 0 aliphatic rings. The molecule has 0 unspecified atom stereocenters. The van der Waals surface area contributed by atoms with Crippen molar-refractivity contribution in [3.63, 3.8) is 0 Å². The summed E-state index contributed by atoms with van der Waals surface area (Å²) in [5.74, 6) is -0.703. The summed E-state index contributed by atoms with van der Waals surface area (Å²) in [5, 5.41) is 20.2. The number of carbonyl (C=O) groups is 1. The number of para-hydroxylation sites is 1. The Labute approximate surface area is 126 Å². The molecule has 0 aromatic heterocycles. The maximum atomic E-state index is 12.9. The van der Waals surface area contributed by atoms with Gasteiger partial charge >= 0.3 is 0 Å². The zero-order chi connectivity index (χ0) is 15.9. The Morgan fingerprint density at radius 3 is 2.32 bits per heavy atom. The lowest BCUT2D eigenvalue weighted by molar-refractivity contribution is 0.103. The number of carbonyl (C=O) groups excluding carboxylic acids is 1. The Kier molecular flexibility index (Phi) is 4.64. The van der Waals surface area contributed by atoms with Gasteiger partial charge < -0.3 is 5.32 Å². The summed E-state index contributed by atoms with van der Waals surface area (Å²) in [7, 11) is 0. The van der Waals surface area contributed by atoms with E-state index in [2.05, 4.69) is 5.32 Å². The van der Waals surface area contributed by atoms with Gasteiger partial charge in [0.1, 0.15) is 23.5 Å². The van der Waals surface area contributed by atoms with Gasteiger partial charge in [-0.1, -0.05) is 12.1 Å². The van der Waals surface area contributed by atoms with Gasteiger partial charge in [0.05, 0.1) is 0 Å². The molecule has 22 heavy (non-hydrogen) atoms. The Hall–Kier alpha value is -3.44. The van der Waals surface area contributed by atoms with Gasteiger partial charge in [-0.2, -0.15) is 10.5 Å². The van der Waals surface area contributed by atoms with Crippen LogP contribution < -0.4 is 5.32 Å². The van der Waals surface area contributed by atoms with Gasteiger partial charge in [0, 0.05) is 23.0 Å². The molecule has 0 saturated carbocycles. The van der Waals surface area contributed by atoms with Crippen LogP contribution in [0, 0.1) is 28.5 Å². The van der Waals surface area contributed by atoms with Gasteiger partial charge in [-0.25, -0.2) is 4.39 Å². The maximum absolute atomic E-state index is 12.9. The summed E-state index contributed by atoms with van der Waals surface area (Å²) in [6.45, 7) is 0. The summed E-state index contributed by atoms with van der Waals surface area (Å²) in [4.78, 5) is 12.4. The van der Waals surface area contributed by atoms with E-state index in [0.29, 0.717) is 16.8 Å². The highest BCUT2D eigenvalue weighted by molar-refractivity contribution is 6.12. The van der Waals surface area contributed by atoms with Crippen molar-refractivity contribution >= 4 is 11.5 Å². The molecule has 0 aliphatic heterocycles. The smallest absolute Gasteiger partial charge is 0.195 e. The Morgan fingerprint density at radius 2 is 1.68 bits per heavy atom. The van der Waals surface area contributed by atoms with E-state index in [4.69, 9.17) is 10.5 Å². The van der Waals surface area contributed by atoms with Crippen molar-refractivity contribution < 1.29 is 9.18 Å². The van der Waals surface area contributed by atoms with E-state index in [1.807, 2.05) is 0 Å². The topological polar surface area (TPSA) is 76.7 Å². The van der Waals surface area contributed by atoms with Crippen LogP contribution in [0.25, 0.3) is 0 Å². The van der Waals surface area contributed by atoms with E-state index in [0.717, 1.165) is 0 Å². The highest BCUT2D eigenvalue weighted by Crippen LogP contribution is 2.20. The summed E-state index contributed by atoms with van der Waals surface area (Å²) < 4.78 is 12.9. The molecule has 106 valence electrons. The molecule has 0 spiro atoms. The molecule has 0 radical (unpaired) electrons. The fourth-order valence-corrected chi connectivity index (χ4v) is 1.80. The van der Waals surface area contributed by atoms with Crippen LogP contribution in [0.3, 0.4) is 0 Å². The minimum Gasteiger partial charge on any atom is -0.359 e. The van der Waals surface area contributed by atoms with Crippen LogP contribution in [-0.2, 0) is 0 Å². The maximum Gasteiger partial charge on any atom is 0.195 e. The second-order valence-corrected chi connectivity index (χ2v) is 4.31. The number of hydrogen-bond acceptors (Lipinski definition) is 4. The minimum atomic E-state index is -0.418. The number of halogens is 1. The first kappa shape index (κ1) is 15.0. The molecule has 0 fully saturated rings. The van der Waals surface area contributed by atoms with Gasteiger partial charge in [-0.15, -0.1) is 0 Å². The molecule has 5 heteroatoms. The number of allylic oxidation sites excluding steroid dienone is 1. The van der Waals surface area contributed by atoms with Gasteiger partial charge in [0.25, 0.3) is 0 Å². The highest BCUT2D eigenvalue weighted by atomic mass is 19.1. The van der Waals surface area contributed by atoms with Crippen molar-refractivity contribution in [1.82, 2.24) is 0 Å². The second kappa shape index (κ2) is 6.83. The highest BCUT2D eigenvalue weighted by Gasteiger charge is 2.13. The van der Waals surface area contributed by atoms with Crippen molar-refractivity contribution in [2.45, 2.75) is 0 Å². The third-order valence-corrected chi connectivity index (χ3v) is 2.89. The van der Waals surface area contributed by atoms with Crippen LogP contribution in [0.2, 0.25) is 0 Å². The van der Waals surface area contributed by atoms with Crippen molar-refractivity contribution in [2.24, 2.45) is 0 Å². The van der Waals surface area contributed by atoms with Crippen LogP contribution >= 0.6 is 0 Å². The van der Waals surface area contributed by atoms with Crippen molar-refractivity contribution in [3.05, 3.63) is 77.2 Å². The number of rotatable bonds is 4. The number of ketones is 1. The fraction of sp³-hybridized carbons (Fsp3) is 0. The molecule has 2 aromatic rings. The molecule has 2 aromatic carbocycles. The summed E-state index contributed by atoms with van der Waals surface area (Å²) in [6, 6.07) is 15.4. The number of hydrogen-bond donors (Lipinski definition) is 1. The molecule has 2 rings (SSSR count). The van der Waals surface area contributed by atoms with E-state index in [-0.39, 0.29) is 11.4 Å². The monoisotopic (exact) mass is 291 g/mol. The first-order chi connectivity index (χ1) is 10.7. The molecule has 4 nitrogen and oxygen atoms in total. The SMILES string of the molecule is N#CC(C#N)=CNc1ccccc1C(=O)c1ccc(F)cc1. The molecule has 1 N–H and O–H groups in total. The van der Waals surface area contributed by atoms with Gasteiger partial charge in [-0.3, -0.25) is 4.79 Å². The summed E-state index contributed by atoms with van der Waals surface area (Å²) in [5.41, 5.74) is 1.06. The van der Waals surface area contributed by atoms with Crippen molar-refractivity contribution in [2.75, 3.05) is 5.32 Å². The lowest BCUT2D eigenvalue weighted by Gasteiger charge is -2.08. The quantitative estimate of drug-likeness (QED) is 0.692. The van der Waals surface area contributed by atoms with E-state index in [1.54, 1.807) is 36.4 Å². The Balaban J connectivity index is 2.35. The van der Waals surface area contributed by atoms with Crippen LogP contribution in [0.4, 0.5) is 10.1 Å². The molecule has 0 heterocycles. The Bertz CT molecular complexity index is 795. The molecule has 0 atom stereocenters. The third-order valence-electron chi connectivity index (χ3n) is 2.89. The van der Waals surface area contributed by atoms with Gasteiger partial charge in [-0.05, 0) is 36.4 Å². The molecule has 0 amide bonds. The summed E-state index contributed by atoms with van der Waals surface area (Å²) in [6.07, 6.45) is 1.23. The first-order valence-corrected chi connectivity index (χ1v) is 6.32. The normalized spacial score (nSPS) is 9.23. The molecule has 0 bridgehead atoms. The predicted molar refractivity (Wildman–Crippen MR) is 79.2 cm³/mol. The number of benzene rings is 2. The number of nitrogens with zero attached hydrogens (tertiary/aromatic N) is 2. The average Bonchev–Trinajstić information content (AvgIpc) is 2.56. The first-order valence-electron chi connectivity index (χ1n) is 6.32.